The third-order valence-corrected chi connectivity index (χ3v) is 18.4. The lowest BCUT2D eigenvalue weighted by molar-refractivity contribution is 1.46. The monoisotopic (exact) mass is 1880 g/mol. The fraction of sp³-hybridized carbons (Fsp3) is 0.314. The van der Waals surface area contributed by atoms with Crippen LogP contribution in [0.2, 0.25) is 0 Å². The Labute approximate surface area is 866 Å². The summed E-state index contributed by atoms with van der Waals surface area (Å²) in [6, 6.07) is 147. The van der Waals surface area contributed by atoms with Gasteiger partial charge in [-0.25, -0.2) is 0 Å². The van der Waals surface area contributed by atoms with E-state index in [9.17, 15) is 0 Å². The maximum Gasteiger partial charge on any atom is -0.00992 e. The number of benzene rings is 16. The Hall–Kier alpha value is -12.5. The number of hydrogen-bond donors (Lipinski definition) is 0. The van der Waals surface area contributed by atoms with E-state index in [1.54, 1.807) is 0 Å². The first-order valence-electron chi connectivity index (χ1n) is 54.5. The molecule has 0 spiro atoms. The highest BCUT2D eigenvalue weighted by molar-refractivity contribution is 5.92. The number of hydrogen-bond acceptors (Lipinski definition) is 0. The van der Waals surface area contributed by atoms with Crippen molar-refractivity contribution >= 4 is 0 Å². The summed E-state index contributed by atoms with van der Waals surface area (Å²) >= 11 is 0. The second-order valence-corrected chi connectivity index (χ2v) is 25.3. The van der Waals surface area contributed by atoms with Crippen LogP contribution in [0.25, 0.3) is 134 Å². The average molecular weight is 1880 g/mol. The van der Waals surface area contributed by atoms with E-state index in [0.29, 0.717) is 0 Å². The SMILES string of the molecule is CC.CC.CC.CC.CC.CC.CC.CC.CC.CC.CC.CC.CC.CC.CC.CC.CC.CC.CC.CC.Cc1ccc(-c2ccccc2-c2cccc(-c3ccccc3)c2)cc1.Cc1ccc(-c2ccccc2-c2ccccc2-c2ccccc2)cc1.Cc1ccccc1-c1cccc(-c2cccc(-c3ccccc3)c2)c1.Cc1ccccc1-c1cccc(-c2ccccc2-c2ccccc2)c1. The van der Waals surface area contributed by atoms with E-state index in [1.807, 2.05) is 277 Å². The maximum atomic E-state index is 2.30. The second kappa shape index (κ2) is 102. The van der Waals surface area contributed by atoms with Gasteiger partial charge in [0.25, 0.3) is 0 Å². The van der Waals surface area contributed by atoms with Gasteiger partial charge in [-0.3, -0.25) is 0 Å². The van der Waals surface area contributed by atoms with Crippen molar-refractivity contribution in [1.82, 2.24) is 0 Å². The Kier molecular flexibility index (Phi) is 105. The van der Waals surface area contributed by atoms with Crippen LogP contribution in [0.5, 0.6) is 0 Å². The van der Waals surface area contributed by atoms with Gasteiger partial charge in [0.05, 0.1) is 0 Å². The summed E-state index contributed by atoms with van der Waals surface area (Å²) in [5.74, 6) is 0. The Bertz CT molecular complexity index is 5300. The lowest BCUT2D eigenvalue weighted by Gasteiger charge is -2.14. The molecule has 0 nitrogen and oxygen atoms in total. The molecule has 0 aliphatic carbocycles. The highest BCUT2D eigenvalue weighted by Crippen LogP contribution is 2.40. The lowest BCUT2D eigenvalue weighted by atomic mass is 9.89. The first-order valence-corrected chi connectivity index (χ1v) is 54.5. The van der Waals surface area contributed by atoms with Crippen LogP contribution in [0.4, 0.5) is 0 Å². The zero-order valence-corrected chi connectivity index (χ0v) is 97.3. The topological polar surface area (TPSA) is 0 Å². The molecule has 0 aliphatic rings. The summed E-state index contributed by atoms with van der Waals surface area (Å²) in [5.41, 5.74) is 35.4. The molecule has 140 heavy (non-hydrogen) atoms. The van der Waals surface area contributed by atoms with Crippen molar-refractivity contribution in [3.63, 3.8) is 0 Å². The molecule has 0 heterocycles. The second-order valence-electron chi connectivity index (χ2n) is 25.3. The van der Waals surface area contributed by atoms with Gasteiger partial charge in [-0.2, -0.15) is 0 Å². The van der Waals surface area contributed by atoms with Crippen molar-refractivity contribution in [1.29, 1.82) is 0 Å². The summed E-state index contributed by atoms with van der Waals surface area (Å²) in [4.78, 5) is 0. The maximum absolute atomic E-state index is 2.30. The molecule has 0 aliphatic heterocycles. The normalized spacial score (nSPS) is 8.43. The molecular formula is C140H200. The predicted molar refractivity (Wildman–Crippen MR) is 657 cm³/mol. The summed E-state index contributed by atoms with van der Waals surface area (Å²) in [6.07, 6.45) is 0. The van der Waals surface area contributed by atoms with Crippen LogP contribution in [0, 0.1) is 27.7 Å². The van der Waals surface area contributed by atoms with Gasteiger partial charge in [0, 0.05) is 0 Å². The molecule has 0 saturated heterocycles. The predicted octanol–water partition coefficient (Wildman–Crippen LogP) is 48.5. The largest absolute Gasteiger partial charge is 0.0683 e. The van der Waals surface area contributed by atoms with Gasteiger partial charge in [-0.05, 0) is 197 Å². The van der Waals surface area contributed by atoms with Crippen molar-refractivity contribution in [3.05, 3.63) is 435 Å². The van der Waals surface area contributed by atoms with Crippen LogP contribution in [0.1, 0.15) is 299 Å². The molecule has 0 bridgehead atoms. The molecule has 0 fully saturated rings. The van der Waals surface area contributed by atoms with Crippen LogP contribution >= 0.6 is 0 Å². The standard InChI is InChI=1S/4C25H20.20C2H6/c1-19-15-17-21(18-16-19)23-12-6-8-14-25(23)24-13-7-5-11-22(24)20-9-3-2-4-10-20;1-19-9-5-6-16-25(19)24-15-8-14-23(18-24)22-13-7-12-21(17-22)20-10-3-2-4-11-20;1-19-10-5-6-15-23(19)21-13-9-14-22(18-21)25-17-8-7-16-24(25)20-11-3-2-4-12-20;1-19-14-16-21(17-15-19)24-12-5-6-13-25(24)23-11-7-10-22(18-23)20-8-3-2-4-9-20;20*1-2/h4*2-18H,1H3;20*1-2H3. The summed E-state index contributed by atoms with van der Waals surface area (Å²) < 4.78 is 0. The van der Waals surface area contributed by atoms with Gasteiger partial charge < -0.3 is 0 Å². The van der Waals surface area contributed by atoms with Gasteiger partial charge in [-0.1, -0.05) is 676 Å². The molecule has 0 amide bonds. The van der Waals surface area contributed by atoms with E-state index in [4.69, 9.17) is 0 Å². The molecular weight excluding hydrogens is 1680 g/mol. The van der Waals surface area contributed by atoms with E-state index in [-0.39, 0.29) is 0 Å². The highest BCUT2D eigenvalue weighted by Gasteiger charge is 2.15. The van der Waals surface area contributed by atoms with Gasteiger partial charge in [0.2, 0.25) is 0 Å². The van der Waals surface area contributed by atoms with Crippen molar-refractivity contribution < 1.29 is 0 Å². The van der Waals surface area contributed by atoms with Crippen molar-refractivity contribution in [2.75, 3.05) is 0 Å². The van der Waals surface area contributed by atoms with E-state index in [1.165, 1.54) is 156 Å². The third-order valence-electron chi connectivity index (χ3n) is 18.4. The molecule has 0 atom stereocenters. The minimum absolute atomic E-state index is 1.25. The van der Waals surface area contributed by atoms with Crippen molar-refractivity contribution in [2.24, 2.45) is 0 Å². The Morgan fingerprint density at radius 2 is 0.214 bits per heavy atom. The van der Waals surface area contributed by atoms with Gasteiger partial charge in [-0.15, -0.1) is 0 Å². The Balaban J connectivity index is -0.000000246. The molecule has 0 N–H and O–H groups in total. The van der Waals surface area contributed by atoms with Crippen LogP contribution < -0.4 is 0 Å². The summed E-state index contributed by atoms with van der Waals surface area (Å²) in [6.45, 7) is 88.6. The molecule has 0 saturated carbocycles. The molecule has 0 heteroatoms. The fourth-order valence-electron chi connectivity index (χ4n) is 13.1. The smallest absolute Gasteiger partial charge is 0.00992 e. The number of aryl methyl sites for hydroxylation is 4. The molecule has 16 aromatic rings. The van der Waals surface area contributed by atoms with Crippen molar-refractivity contribution in [2.45, 2.75) is 305 Å². The Morgan fingerprint density at radius 3 is 0.436 bits per heavy atom. The van der Waals surface area contributed by atoms with Crippen molar-refractivity contribution in [3.8, 4) is 134 Å². The van der Waals surface area contributed by atoms with Crippen LogP contribution in [-0.2, 0) is 0 Å². The zero-order valence-electron chi connectivity index (χ0n) is 97.3. The third kappa shape index (κ3) is 52.0. The highest BCUT2D eigenvalue weighted by atomic mass is 14.2. The lowest BCUT2D eigenvalue weighted by Crippen LogP contribution is -1.89. The molecule has 0 aromatic heterocycles. The van der Waals surface area contributed by atoms with E-state index >= 15 is 0 Å². The molecule has 0 radical (unpaired) electrons. The van der Waals surface area contributed by atoms with Crippen LogP contribution in [0.15, 0.2) is 413 Å². The summed E-state index contributed by atoms with van der Waals surface area (Å²) in [5, 5.41) is 0. The van der Waals surface area contributed by atoms with E-state index < -0.39 is 0 Å². The van der Waals surface area contributed by atoms with Gasteiger partial charge in [0.1, 0.15) is 0 Å². The van der Waals surface area contributed by atoms with Crippen LogP contribution in [0.3, 0.4) is 0 Å². The zero-order chi connectivity index (χ0) is 108. The average Bonchev–Trinajstić information content (AvgIpc) is 0.795. The molecule has 760 valence electrons. The number of rotatable bonds is 12. The van der Waals surface area contributed by atoms with Gasteiger partial charge in [0.15, 0.2) is 0 Å². The molecule has 16 aromatic carbocycles. The quantitative estimate of drug-likeness (QED) is 0.114. The fourth-order valence-corrected chi connectivity index (χ4v) is 13.1. The first-order chi connectivity index (χ1) is 69.3. The van der Waals surface area contributed by atoms with E-state index in [0.717, 1.165) is 0 Å². The first kappa shape index (κ1) is 143. The molecule has 0 unspecified atom stereocenters. The van der Waals surface area contributed by atoms with Gasteiger partial charge >= 0.3 is 0 Å². The summed E-state index contributed by atoms with van der Waals surface area (Å²) in [7, 11) is 0. The Morgan fingerprint density at radius 1 is 0.0857 bits per heavy atom. The molecule has 16 rings (SSSR count). The van der Waals surface area contributed by atoms with E-state index in [2.05, 4.69) is 440 Å². The minimum Gasteiger partial charge on any atom is -0.0683 e. The minimum atomic E-state index is 1.25. The van der Waals surface area contributed by atoms with Crippen LogP contribution in [-0.4, -0.2) is 0 Å².